The summed E-state index contributed by atoms with van der Waals surface area (Å²) in [5.41, 5.74) is -0.606. The maximum atomic E-state index is 11.7. The number of likely N-dealkylation sites (tertiary alicyclic amines) is 1. The lowest BCUT2D eigenvalue weighted by Crippen LogP contribution is -2.45. The van der Waals surface area contributed by atoms with Crippen LogP contribution in [-0.2, 0) is 4.79 Å². The molecule has 2 fully saturated rings. The second kappa shape index (κ2) is 4.42. The third-order valence-corrected chi connectivity index (χ3v) is 4.35. The Morgan fingerprint density at radius 1 is 1.40 bits per heavy atom. The number of alkyl halides is 1. The molecule has 3 nitrogen and oxygen atoms in total. The summed E-state index contributed by atoms with van der Waals surface area (Å²) in [6.45, 7) is 1.32. The largest absolute Gasteiger partial charge is 0.388 e. The molecule has 0 bridgehead atoms. The Morgan fingerprint density at radius 2 is 2.07 bits per heavy atom. The summed E-state index contributed by atoms with van der Waals surface area (Å²) in [6, 6.07) is 0. The van der Waals surface area contributed by atoms with E-state index >= 15 is 0 Å². The van der Waals surface area contributed by atoms with Crippen LogP contribution in [-0.4, -0.2) is 39.4 Å². The zero-order valence-corrected chi connectivity index (χ0v) is 10.5. The standard InChI is InChI=1S/C11H18BrNO2/c12-9-4-7-13(10(9)14)8-11(15)5-2-1-3-6-11/h9,15H,1-8H2. The Bertz CT molecular complexity index is 251. The monoisotopic (exact) mass is 275 g/mol. The van der Waals surface area contributed by atoms with E-state index in [2.05, 4.69) is 15.9 Å². The third kappa shape index (κ3) is 2.53. The summed E-state index contributed by atoms with van der Waals surface area (Å²) >= 11 is 3.35. The molecule has 0 spiro atoms. The Morgan fingerprint density at radius 3 is 2.60 bits per heavy atom. The Labute approximate surface area is 99.0 Å². The molecule has 4 heteroatoms. The van der Waals surface area contributed by atoms with Gasteiger partial charge in [0, 0.05) is 13.1 Å². The van der Waals surface area contributed by atoms with Gasteiger partial charge in [0.25, 0.3) is 0 Å². The molecule has 1 amide bonds. The van der Waals surface area contributed by atoms with Crippen LogP contribution in [0.5, 0.6) is 0 Å². The molecule has 2 rings (SSSR count). The fourth-order valence-corrected chi connectivity index (χ4v) is 3.08. The number of carbonyl (C=O) groups is 1. The molecule has 1 aliphatic heterocycles. The zero-order valence-electron chi connectivity index (χ0n) is 8.91. The van der Waals surface area contributed by atoms with Gasteiger partial charge in [0.05, 0.1) is 10.4 Å². The van der Waals surface area contributed by atoms with Crippen molar-refractivity contribution >= 4 is 21.8 Å². The predicted octanol–water partition coefficient (Wildman–Crippen LogP) is 1.68. The molecule has 15 heavy (non-hydrogen) atoms. The summed E-state index contributed by atoms with van der Waals surface area (Å²) in [4.78, 5) is 13.5. The first kappa shape index (κ1) is 11.4. The van der Waals surface area contributed by atoms with E-state index in [1.54, 1.807) is 0 Å². The average Bonchev–Trinajstić information content (AvgIpc) is 2.50. The number of rotatable bonds is 2. The summed E-state index contributed by atoms with van der Waals surface area (Å²) in [5, 5.41) is 10.3. The number of β-amino-alcohol motifs (C(OH)–C–C–N with tert-alkyl or cyclic N) is 1. The third-order valence-electron chi connectivity index (χ3n) is 3.50. The molecule has 0 aromatic heterocycles. The molecule has 0 radical (unpaired) electrons. The highest BCUT2D eigenvalue weighted by atomic mass is 79.9. The van der Waals surface area contributed by atoms with Crippen molar-refractivity contribution in [1.29, 1.82) is 0 Å². The van der Waals surface area contributed by atoms with Crippen molar-refractivity contribution in [2.45, 2.75) is 49.0 Å². The van der Waals surface area contributed by atoms with Crippen LogP contribution in [0.4, 0.5) is 0 Å². The summed E-state index contributed by atoms with van der Waals surface area (Å²) in [7, 11) is 0. The lowest BCUT2D eigenvalue weighted by molar-refractivity contribution is -0.131. The molecule has 0 aromatic rings. The normalized spacial score (nSPS) is 30.9. The number of nitrogens with zero attached hydrogens (tertiary/aromatic N) is 1. The van der Waals surface area contributed by atoms with E-state index in [1.807, 2.05) is 4.90 Å². The second-order valence-corrected chi connectivity index (χ2v) is 5.91. The van der Waals surface area contributed by atoms with Crippen LogP contribution in [0.2, 0.25) is 0 Å². The molecule has 86 valence electrons. The first-order chi connectivity index (χ1) is 7.11. The number of amides is 1. The number of halogens is 1. The number of hydrogen-bond acceptors (Lipinski definition) is 2. The van der Waals surface area contributed by atoms with E-state index < -0.39 is 5.60 Å². The maximum absolute atomic E-state index is 11.7. The van der Waals surface area contributed by atoms with Crippen molar-refractivity contribution in [3.8, 4) is 0 Å². The lowest BCUT2D eigenvalue weighted by atomic mass is 9.84. The van der Waals surface area contributed by atoms with Crippen LogP contribution in [0.25, 0.3) is 0 Å². The second-order valence-electron chi connectivity index (χ2n) is 4.80. The molecule has 1 unspecified atom stereocenters. The number of aliphatic hydroxyl groups is 1. The summed E-state index contributed by atoms with van der Waals surface area (Å²) < 4.78 is 0. The first-order valence-electron chi connectivity index (χ1n) is 5.76. The van der Waals surface area contributed by atoms with Crippen molar-refractivity contribution in [3.63, 3.8) is 0 Å². The van der Waals surface area contributed by atoms with Gasteiger partial charge in [-0.25, -0.2) is 0 Å². The van der Waals surface area contributed by atoms with Crippen molar-refractivity contribution in [2.75, 3.05) is 13.1 Å². The van der Waals surface area contributed by atoms with Gasteiger partial charge in [0.1, 0.15) is 0 Å². The highest BCUT2D eigenvalue weighted by molar-refractivity contribution is 9.10. The van der Waals surface area contributed by atoms with E-state index in [0.29, 0.717) is 6.54 Å². The quantitative estimate of drug-likeness (QED) is 0.779. The van der Waals surface area contributed by atoms with Gasteiger partial charge in [-0.2, -0.15) is 0 Å². The van der Waals surface area contributed by atoms with E-state index in [4.69, 9.17) is 0 Å². The van der Waals surface area contributed by atoms with Gasteiger partial charge < -0.3 is 10.0 Å². The molecule has 1 aliphatic carbocycles. The van der Waals surface area contributed by atoms with Crippen LogP contribution in [0, 0.1) is 0 Å². The van der Waals surface area contributed by atoms with E-state index in [-0.39, 0.29) is 10.7 Å². The van der Waals surface area contributed by atoms with Gasteiger partial charge in [-0.1, -0.05) is 35.2 Å². The molecular weight excluding hydrogens is 258 g/mol. The molecule has 0 aromatic carbocycles. The Kier molecular flexibility index (Phi) is 3.36. The minimum atomic E-state index is -0.606. The van der Waals surface area contributed by atoms with Crippen LogP contribution >= 0.6 is 15.9 Å². The minimum Gasteiger partial charge on any atom is -0.388 e. The minimum absolute atomic E-state index is 0.0234. The van der Waals surface area contributed by atoms with Crippen molar-refractivity contribution in [2.24, 2.45) is 0 Å². The van der Waals surface area contributed by atoms with Gasteiger partial charge >= 0.3 is 0 Å². The van der Waals surface area contributed by atoms with Crippen LogP contribution in [0.15, 0.2) is 0 Å². The number of carbonyl (C=O) groups excluding carboxylic acids is 1. The van der Waals surface area contributed by atoms with Gasteiger partial charge in [-0.3, -0.25) is 4.79 Å². The van der Waals surface area contributed by atoms with E-state index in [9.17, 15) is 9.90 Å². The van der Waals surface area contributed by atoms with Gasteiger partial charge in [-0.15, -0.1) is 0 Å². The summed E-state index contributed by atoms with van der Waals surface area (Å²) in [6.07, 6.45) is 5.98. The van der Waals surface area contributed by atoms with Crippen molar-refractivity contribution < 1.29 is 9.90 Å². The topological polar surface area (TPSA) is 40.5 Å². The molecule has 1 saturated carbocycles. The van der Waals surface area contributed by atoms with Crippen molar-refractivity contribution in [3.05, 3.63) is 0 Å². The Hall–Kier alpha value is -0.0900. The SMILES string of the molecule is O=C1C(Br)CCN1CC1(O)CCCCC1. The van der Waals surface area contributed by atoms with E-state index in [1.165, 1.54) is 6.42 Å². The lowest BCUT2D eigenvalue weighted by Gasteiger charge is -2.35. The van der Waals surface area contributed by atoms with Crippen LogP contribution in [0.3, 0.4) is 0 Å². The Balaban J connectivity index is 1.93. The average molecular weight is 276 g/mol. The van der Waals surface area contributed by atoms with E-state index in [0.717, 1.165) is 38.6 Å². The predicted molar refractivity (Wildman–Crippen MR) is 61.9 cm³/mol. The molecule has 1 saturated heterocycles. The van der Waals surface area contributed by atoms with Crippen LogP contribution < -0.4 is 0 Å². The molecule has 1 atom stereocenters. The van der Waals surface area contributed by atoms with Crippen LogP contribution in [0.1, 0.15) is 38.5 Å². The zero-order chi connectivity index (χ0) is 10.9. The van der Waals surface area contributed by atoms with Gasteiger partial charge in [0.15, 0.2) is 0 Å². The maximum Gasteiger partial charge on any atom is 0.236 e. The fraction of sp³-hybridized carbons (Fsp3) is 0.909. The molecular formula is C11H18BrNO2. The molecule has 2 aliphatic rings. The van der Waals surface area contributed by atoms with Gasteiger partial charge in [0.2, 0.25) is 5.91 Å². The molecule has 1 N–H and O–H groups in total. The fourth-order valence-electron chi connectivity index (χ4n) is 2.58. The number of hydrogen-bond donors (Lipinski definition) is 1. The highest BCUT2D eigenvalue weighted by Gasteiger charge is 2.37. The highest BCUT2D eigenvalue weighted by Crippen LogP contribution is 2.30. The molecule has 1 heterocycles. The van der Waals surface area contributed by atoms with Crippen molar-refractivity contribution in [1.82, 2.24) is 4.90 Å². The summed E-state index contributed by atoms with van der Waals surface area (Å²) in [5.74, 6) is 0.147. The smallest absolute Gasteiger partial charge is 0.236 e. The van der Waals surface area contributed by atoms with Gasteiger partial charge in [-0.05, 0) is 19.3 Å². The first-order valence-corrected chi connectivity index (χ1v) is 6.68.